The van der Waals surface area contributed by atoms with Gasteiger partial charge >= 0.3 is 0 Å². The number of aryl methyl sites for hydroxylation is 2. The van der Waals surface area contributed by atoms with E-state index in [2.05, 4.69) is 42.0 Å². The van der Waals surface area contributed by atoms with Gasteiger partial charge < -0.3 is 19.8 Å². The average Bonchev–Trinajstić information content (AvgIpc) is 3.21. The number of aromatic amines is 1. The van der Waals surface area contributed by atoms with E-state index in [1.165, 1.54) is 5.56 Å². The van der Waals surface area contributed by atoms with Crippen LogP contribution < -0.4 is 0 Å². The highest BCUT2D eigenvalue weighted by molar-refractivity contribution is 6.00. The van der Waals surface area contributed by atoms with E-state index >= 15 is 0 Å². The molecule has 138 valence electrons. The Kier molecular flexibility index (Phi) is 4.56. The molecule has 0 amide bonds. The molecule has 27 heavy (non-hydrogen) atoms. The molecular formula is C22H23N3O2. The normalized spacial score (nSPS) is 12.6. The fourth-order valence-corrected chi connectivity index (χ4v) is 3.63. The average molecular weight is 361 g/mol. The highest BCUT2D eigenvalue weighted by atomic mass is 16.3. The Hall–Kier alpha value is -2.89. The second-order valence-electron chi connectivity index (χ2n) is 6.97. The highest BCUT2D eigenvalue weighted by Gasteiger charge is 2.21. The molecule has 0 aliphatic heterocycles. The van der Waals surface area contributed by atoms with Crippen LogP contribution in [0.3, 0.4) is 0 Å². The van der Waals surface area contributed by atoms with Crippen LogP contribution in [0.1, 0.15) is 11.3 Å². The molecule has 3 N–H and O–H groups in total. The van der Waals surface area contributed by atoms with E-state index in [0.717, 1.165) is 39.1 Å². The first-order valence-corrected chi connectivity index (χ1v) is 9.07. The van der Waals surface area contributed by atoms with Crippen molar-refractivity contribution in [3.05, 3.63) is 66.1 Å². The predicted octanol–water partition coefficient (Wildman–Crippen LogP) is 3.67. The molecular weight excluding hydrogens is 338 g/mol. The van der Waals surface area contributed by atoms with Gasteiger partial charge in [-0.15, -0.1) is 0 Å². The minimum Gasteiger partial charge on any atom is -0.394 e. The smallest absolute Gasteiger partial charge is 0.0964 e. The first kappa shape index (κ1) is 17.5. The first-order valence-electron chi connectivity index (χ1n) is 9.07. The minimum atomic E-state index is -0.839. The Morgan fingerprint density at radius 3 is 2.63 bits per heavy atom. The van der Waals surface area contributed by atoms with Crippen LogP contribution in [0.2, 0.25) is 0 Å². The summed E-state index contributed by atoms with van der Waals surface area (Å²) in [5.74, 6) is 0. The lowest BCUT2D eigenvalue weighted by Crippen LogP contribution is -2.20. The van der Waals surface area contributed by atoms with Crippen molar-refractivity contribution in [2.24, 2.45) is 0 Å². The number of nitrogens with zero attached hydrogens (tertiary/aromatic N) is 2. The molecule has 4 aromatic rings. The van der Waals surface area contributed by atoms with Crippen LogP contribution in [-0.4, -0.2) is 37.5 Å². The van der Waals surface area contributed by atoms with Gasteiger partial charge in [-0.3, -0.25) is 0 Å². The summed E-state index contributed by atoms with van der Waals surface area (Å²) in [7, 11) is 0. The zero-order chi connectivity index (χ0) is 19.0. The summed E-state index contributed by atoms with van der Waals surface area (Å²) >= 11 is 0. The van der Waals surface area contributed by atoms with Gasteiger partial charge in [-0.05, 0) is 25.5 Å². The Morgan fingerprint density at radius 1 is 1.11 bits per heavy atom. The van der Waals surface area contributed by atoms with Crippen molar-refractivity contribution in [1.82, 2.24) is 14.5 Å². The molecule has 4 rings (SSSR count). The lowest BCUT2D eigenvalue weighted by atomic mass is 10.0. The number of imidazole rings is 1. The third-order valence-corrected chi connectivity index (χ3v) is 4.88. The summed E-state index contributed by atoms with van der Waals surface area (Å²) in [6.45, 7) is 4.12. The van der Waals surface area contributed by atoms with Gasteiger partial charge in [0, 0.05) is 27.7 Å². The summed E-state index contributed by atoms with van der Waals surface area (Å²) in [5, 5.41) is 20.5. The van der Waals surface area contributed by atoms with Crippen LogP contribution in [0.5, 0.6) is 0 Å². The van der Waals surface area contributed by atoms with Crippen molar-refractivity contribution >= 4 is 10.9 Å². The molecule has 0 unspecified atom stereocenters. The third kappa shape index (κ3) is 3.16. The van der Waals surface area contributed by atoms with Gasteiger partial charge in [-0.1, -0.05) is 42.5 Å². The largest absolute Gasteiger partial charge is 0.394 e. The first-order chi connectivity index (χ1) is 13.1. The zero-order valence-electron chi connectivity index (χ0n) is 15.5. The number of rotatable bonds is 5. The standard InChI is InChI=1S/C22H23N3O2/c1-14-8-9-18-19(10-14)24-15(2)20(18)22-21(16-6-4-3-5-7-16)23-13-25(22)11-17(27)12-26/h3-10,13,17,24,26-27H,11-12H2,1-2H3/t17-/m1/s1. The number of benzene rings is 2. The van der Waals surface area contributed by atoms with Crippen LogP contribution in [0.15, 0.2) is 54.9 Å². The summed E-state index contributed by atoms with van der Waals surface area (Å²) in [6, 6.07) is 16.4. The molecule has 1 atom stereocenters. The topological polar surface area (TPSA) is 74.1 Å². The molecule has 0 radical (unpaired) electrons. The van der Waals surface area contributed by atoms with Crippen LogP contribution in [0, 0.1) is 13.8 Å². The maximum atomic E-state index is 10.0. The molecule has 5 nitrogen and oxygen atoms in total. The van der Waals surface area contributed by atoms with Gasteiger partial charge in [-0.2, -0.15) is 0 Å². The number of fused-ring (bicyclic) bond motifs is 1. The molecule has 5 heteroatoms. The van der Waals surface area contributed by atoms with Crippen molar-refractivity contribution in [3.63, 3.8) is 0 Å². The summed E-state index contributed by atoms with van der Waals surface area (Å²) in [4.78, 5) is 8.13. The zero-order valence-corrected chi connectivity index (χ0v) is 15.5. The number of aliphatic hydroxyl groups is 2. The number of aromatic nitrogens is 3. The molecule has 0 spiro atoms. The van der Waals surface area contributed by atoms with E-state index < -0.39 is 6.10 Å². The minimum absolute atomic E-state index is 0.281. The second kappa shape index (κ2) is 7.02. The lowest BCUT2D eigenvalue weighted by molar-refractivity contribution is 0.0815. The van der Waals surface area contributed by atoms with E-state index in [1.807, 2.05) is 34.9 Å². The number of hydrogen-bond donors (Lipinski definition) is 3. The molecule has 0 bridgehead atoms. The summed E-state index contributed by atoms with van der Waals surface area (Å²) in [6.07, 6.45) is 0.901. The fourth-order valence-electron chi connectivity index (χ4n) is 3.63. The molecule has 0 saturated carbocycles. The molecule has 0 fully saturated rings. The Morgan fingerprint density at radius 2 is 1.89 bits per heavy atom. The maximum Gasteiger partial charge on any atom is 0.0964 e. The van der Waals surface area contributed by atoms with Crippen LogP contribution in [0.4, 0.5) is 0 Å². The molecule has 0 saturated heterocycles. The van der Waals surface area contributed by atoms with Crippen LogP contribution in [0.25, 0.3) is 33.4 Å². The molecule has 2 aromatic carbocycles. The lowest BCUT2D eigenvalue weighted by Gasteiger charge is -2.14. The van der Waals surface area contributed by atoms with Gasteiger partial charge in [0.25, 0.3) is 0 Å². The number of hydrogen-bond acceptors (Lipinski definition) is 3. The van der Waals surface area contributed by atoms with Crippen LogP contribution >= 0.6 is 0 Å². The van der Waals surface area contributed by atoms with E-state index in [9.17, 15) is 10.2 Å². The van der Waals surface area contributed by atoms with Gasteiger partial charge in [0.15, 0.2) is 0 Å². The maximum absolute atomic E-state index is 10.0. The summed E-state index contributed by atoms with van der Waals surface area (Å²) < 4.78 is 1.93. The van der Waals surface area contributed by atoms with E-state index in [0.29, 0.717) is 0 Å². The Bertz CT molecular complexity index is 1080. The van der Waals surface area contributed by atoms with Crippen molar-refractivity contribution in [2.75, 3.05) is 6.61 Å². The molecule has 0 aliphatic rings. The van der Waals surface area contributed by atoms with Crippen molar-refractivity contribution in [3.8, 4) is 22.5 Å². The quantitative estimate of drug-likeness (QED) is 0.508. The van der Waals surface area contributed by atoms with E-state index in [1.54, 1.807) is 6.33 Å². The Labute approximate surface area is 157 Å². The number of nitrogens with one attached hydrogen (secondary N) is 1. The van der Waals surface area contributed by atoms with Gasteiger partial charge in [-0.25, -0.2) is 4.98 Å². The fraction of sp³-hybridized carbons (Fsp3) is 0.227. The number of aliphatic hydroxyl groups excluding tert-OH is 2. The third-order valence-electron chi connectivity index (χ3n) is 4.88. The van der Waals surface area contributed by atoms with E-state index in [-0.39, 0.29) is 13.2 Å². The van der Waals surface area contributed by atoms with Gasteiger partial charge in [0.1, 0.15) is 0 Å². The highest BCUT2D eigenvalue weighted by Crippen LogP contribution is 2.38. The van der Waals surface area contributed by atoms with Gasteiger partial charge in [0.05, 0.1) is 37.0 Å². The van der Waals surface area contributed by atoms with Crippen LogP contribution in [-0.2, 0) is 6.54 Å². The van der Waals surface area contributed by atoms with Crippen molar-refractivity contribution in [1.29, 1.82) is 0 Å². The Balaban J connectivity index is 1.98. The molecule has 2 aromatic heterocycles. The predicted molar refractivity (Wildman–Crippen MR) is 108 cm³/mol. The SMILES string of the molecule is Cc1ccc2c(-c3c(-c4ccccc4)ncn3C[C@@H](O)CO)c(C)[nH]c2c1. The monoisotopic (exact) mass is 361 g/mol. The van der Waals surface area contributed by atoms with E-state index in [4.69, 9.17) is 0 Å². The molecule has 0 aliphatic carbocycles. The van der Waals surface area contributed by atoms with Crippen molar-refractivity contribution in [2.45, 2.75) is 26.5 Å². The second-order valence-corrected chi connectivity index (χ2v) is 6.97. The molecule has 2 heterocycles. The number of H-pyrrole nitrogens is 1. The van der Waals surface area contributed by atoms with Gasteiger partial charge in [0.2, 0.25) is 0 Å². The van der Waals surface area contributed by atoms with Crippen molar-refractivity contribution < 1.29 is 10.2 Å². The summed E-state index contributed by atoms with van der Waals surface area (Å²) in [5.41, 5.74) is 7.23.